The topological polar surface area (TPSA) is 45.1 Å². The number of anilines is 1. The minimum Gasteiger partial charge on any atom is -0.394 e. The van der Waals surface area contributed by atoms with Crippen LogP contribution in [0.3, 0.4) is 0 Å². The summed E-state index contributed by atoms with van der Waals surface area (Å²) in [6, 6.07) is 5.31. The molecule has 1 atom stereocenters. The van der Waals surface area contributed by atoms with Gasteiger partial charge in [0.15, 0.2) is 0 Å². The van der Waals surface area contributed by atoms with Gasteiger partial charge in [-0.15, -0.1) is 0 Å². The molecule has 0 aliphatic rings. The summed E-state index contributed by atoms with van der Waals surface area (Å²) in [6.45, 7) is 1.94. The Hall–Kier alpha value is -0.800. The maximum atomic E-state index is 8.74. The number of rotatable bonds is 3. The van der Waals surface area contributed by atoms with Gasteiger partial charge in [0, 0.05) is 6.04 Å². The Morgan fingerprint density at radius 2 is 2.42 bits per heavy atom. The van der Waals surface area contributed by atoms with Gasteiger partial charge in [-0.2, -0.15) is 0 Å². The molecule has 0 spiro atoms. The fraction of sp³-hybridized carbons (Fsp3) is 0.375. The number of nitrogens with one attached hydrogen (secondary N) is 1. The van der Waals surface area contributed by atoms with E-state index in [9.17, 15) is 0 Å². The highest BCUT2D eigenvalue weighted by molar-refractivity contribution is 6.29. The SMILES string of the molecule is C[C@@H](CO)Nc1cccc(Cl)n1. The van der Waals surface area contributed by atoms with Crippen LogP contribution in [0.15, 0.2) is 18.2 Å². The van der Waals surface area contributed by atoms with E-state index in [0.717, 1.165) is 0 Å². The average Bonchev–Trinajstić information content (AvgIpc) is 2.04. The van der Waals surface area contributed by atoms with E-state index in [-0.39, 0.29) is 12.6 Å². The molecule has 1 heterocycles. The van der Waals surface area contributed by atoms with E-state index in [1.807, 2.05) is 13.0 Å². The second-order valence-corrected chi connectivity index (χ2v) is 2.96. The molecule has 66 valence electrons. The van der Waals surface area contributed by atoms with Gasteiger partial charge in [0.1, 0.15) is 11.0 Å². The molecule has 4 heteroatoms. The van der Waals surface area contributed by atoms with E-state index < -0.39 is 0 Å². The van der Waals surface area contributed by atoms with Crippen LogP contribution in [0.5, 0.6) is 0 Å². The Balaban J connectivity index is 2.63. The fourth-order valence-corrected chi connectivity index (χ4v) is 0.951. The molecule has 0 aliphatic heterocycles. The molecular weight excluding hydrogens is 176 g/mol. The third kappa shape index (κ3) is 2.68. The maximum Gasteiger partial charge on any atom is 0.131 e. The molecule has 0 fully saturated rings. The zero-order chi connectivity index (χ0) is 8.97. The highest BCUT2D eigenvalue weighted by Gasteiger charge is 2.00. The lowest BCUT2D eigenvalue weighted by Gasteiger charge is -2.10. The van der Waals surface area contributed by atoms with Crippen LogP contribution in [-0.4, -0.2) is 22.7 Å². The third-order valence-electron chi connectivity index (χ3n) is 1.38. The molecule has 3 nitrogen and oxygen atoms in total. The highest BCUT2D eigenvalue weighted by Crippen LogP contribution is 2.09. The van der Waals surface area contributed by atoms with Crippen molar-refractivity contribution in [3.05, 3.63) is 23.4 Å². The lowest BCUT2D eigenvalue weighted by molar-refractivity contribution is 0.281. The first-order valence-corrected chi connectivity index (χ1v) is 4.10. The molecular formula is C8H11ClN2O. The van der Waals surface area contributed by atoms with Crippen LogP contribution in [0.25, 0.3) is 0 Å². The maximum absolute atomic E-state index is 8.74. The predicted octanol–water partition coefficient (Wildman–Crippen LogP) is 1.53. The Kier molecular flexibility index (Phi) is 3.31. The first kappa shape index (κ1) is 9.29. The normalized spacial score (nSPS) is 12.6. The Morgan fingerprint density at radius 3 is 3.00 bits per heavy atom. The van der Waals surface area contributed by atoms with E-state index in [2.05, 4.69) is 10.3 Å². The summed E-state index contributed by atoms with van der Waals surface area (Å²) in [5.74, 6) is 0.684. The standard InChI is InChI=1S/C8H11ClN2O/c1-6(5-12)10-8-4-2-3-7(9)11-8/h2-4,6,12H,5H2,1H3,(H,10,11)/t6-/m0/s1. The van der Waals surface area contributed by atoms with Gasteiger partial charge in [0.2, 0.25) is 0 Å². The average molecular weight is 187 g/mol. The number of aliphatic hydroxyl groups excluding tert-OH is 1. The van der Waals surface area contributed by atoms with Crippen molar-refractivity contribution < 1.29 is 5.11 Å². The Labute approximate surface area is 76.4 Å². The van der Waals surface area contributed by atoms with Crippen LogP contribution in [0.2, 0.25) is 5.15 Å². The smallest absolute Gasteiger partial charge is 0.131 e. The van der Waals surface area contributed by atoms with Crippen LogP contribution >= 0.6 is 11.6 Å². The summed E-state index contributed by atoms with van der Waals surface area (Å²) in [4.78, 5) is 4.00. The van der Waals surface area contributed by atoms with Crippen molar-refractivity contribution in [1.82, 2.24) is 4.98 Å². The van der Waals surface area contributed by atoms with E-state index in [1.54, 1.807) is 12.1 Å². The lowest BCUT2D eigenvalue weighted by atomic mass is 10.3. The van der Waals surface area contributed by atoms with Gasteiger partial charge in [-0.1, -0.05) is 17.7 Å². The largest absolute Gasteiger partial charge is 0.394 e. The van der Waals surface area contributed by atoms with E-state index in [1.165, 1.54) is 0 Å². The number of aliphatic hydroxyl groups is 1. The number of aromatic nitrogens is 1. The summed E-state index contributed by atoms with van der Waals surface area (Å²) < 4.78 is 0. The molecule has 0 saturated heterocycles. The van der Waals surface area contributed by atoms with Crippen molar-refractivity contribution in [2.45, 2.75) is 13.0 Å². The molecule has 1 aromatic heterocycles. The molecule has 0 saturated carbocycles. The zero-order valence-corrected chi connectivity index (χ0v) is 7.54. The number of halogens is 1. The molecule has 0 amide bonds. The molecule has 0 unspecified atom stereocenters. The summed E-state index contributed by atoms with van der Waals surface area (Å²) in [5, 5.41) is 12.2. The predicted molar refractivity (Wildman–Crippen MR) is 49.4 cm³/mol. The van der Waals surface area contributed by atoms with Gasteiger partial charge < -0.3 is 10.4 Å². The summed E-state index contributed by atoms with van der Waals surface area (Å²) in [7, 11) is 0. The molecule has 1 aromatic rings. The van der Waals surface area contributed by atoms with Gasteiger partial charge >= 0.3 is 0 Å². The van der Waals surface area contributed by atoms with E-state index in [4.69, 9.17) is 16.7 Å². The molecule has 0 bridgehead atoms. The fourth-order valence-electron chi connectivity index (χ4n) is 0.787. The summed E-state index contributed by atoms with van der Waals surface area (Å²) >= 11 is 5.66. The van der Waals surface area contributed by atoms with Crippen LogP contribution in [0.1, 0.15) is 6.92 Å². The minimum atomic E-state index is -0.00373. The van der Waals surface area contributed by atoms with Crippen molar-refractivity contribution in [1.29, 1.82) is 0 Å². The molecule has 1 rings (SSSR count). The van der Waals surface area contributed by atoms with Crippen molar-refractivity contribution in [2.75, 3.05) is 11.9 Å². The van der Waals surface area contributed by atoms with E-state index >= 15 is 0 Å². The molecule has 12 heavy (non-hydrogen) atoms. The first-order valence-electron chi connectivity index (χ1n) is 3.72. The zero-order valence-electron chi connectivity index (χ0n) is 6.79. The van der Waals surface area contributed by atoms with Gasteiger partial charge in [0.05, 0.1) is 6.61 Å². The van der Waals surface area contributed by atoms with Gasteiger partial charge in [-0.05, 0) is 19.1 Å². The number of hydrogen-bond donors (Lipinski definition) is 2. The van der Waals surface area contributed by atoms with Gasteiger partial charge in [0.25, 0.3) is 0 Å². The second kappa shape index (κ2) is 4.28. The molecule has 0 aromatic carbocycles. The molecule has 2 N–H and O–H groups in total. The monoisotopic (exact) mass is 186 g/mol. The third-order valence-corrected chi connectivity index (χ3v) is 1.59. The molecule has 0 aliphatic carbocycles. The second-order valence-electron chi connectivity index (χ2n) is 2.57. The lowest BCUT2D eigenvalue weighted by Crippen LogP contribution is -2.19. The summed E-state index contributed by atoms with van der Waals surface area (Å²) in [5.41, 5.74) is 0. The highest BCUT2D eigenvalue weighted by atomic mass is 35.5. The Morgan fingerprint density at radius 1 is 1.67 bits per heavy atom. The quantitative estimate of drug-likeness (QED) is 0.704. The van der Waals surface area contributed by atoms with Crippen LogP contribution in [0, 0.1) is 0 Å². The Bertz CT molecular complexity index is 255. The molecule has 0 radical (unpaired) electrons. The van der Waals surface area contributed by atoms with Crippen molar-refractivity contribution in [3.63, 3.8) is 0 Å². The summed E-state index contributed by atoms with van der Waals surface area (Å²) in [6.07, 6.45) is 0. The van der Waals surface area contributed by atoms with E-state index in [0.29, 0.717) is 11.0 Å². The van der Waals surface area contributed by atoms with Crippen LogP contribution in [-0.2, 0) is 0 Å². The van der Waals surface area contributed by atoms with Crippen LogP contribution < -0.4 is 5.32 Å². The number of hydrogen-bond acceptors (Lipinski definition) is 3. The number of pyridine rings is 1. The van der Waals surface area contributed by atoms with Gasteiger partial charge in [-0.3, -0.25) is 0 Å². The van der Waals surface area contributed by atoms with Gasteiger partial charge in [-0.25, -0.2) is 4.98 Å². The van der Waals surface area contributed by atoms with Crippen molar-refractivity contribution in [2.24, 2.45) is 0 Å². The minimum absolute atomic E-state index is 0.00373. The van der Waals surface area contributed by atoms with Crippen molar-refractivity contribution >= 4 is 17.4 Å². The van der Waals surface area contributed by atoms with Crippen molar-refractivity contribution in [3.8, 4) is 0 Å². The first-order chi connectivity index (χ1) is 5.72. The van der Waals surface area contributed by atoms with Crippen LogP contribution in [0.4, 0.5) is 5.82 Å². The number of nitrogens with zero attached hydrogens (tertiary/aromatic N) is 1.